The van der Waals surface area contributed by atoms with Gasteiger partial charge in [-0.3, -0.25) is 23.9 Å². The number of nitrogens with two attached hydrogens (primary N) is 2. The van der Waals surface area contributed by atoms with Gasteiger partial charge in [0.1, 0.15) is 23.5 Å². The van der Waals surface area contributed by atoms with E-state index < -0.39 is 53.1 Å². The molecular weight excluding hydrogens is 422 g/mol. The van der Waals surface area contributed by atoms with E-state index in [0.29, 0.717) is 11.3 Å². The molecule has 2 aromatic rings. The van der Waals surface area contributed by atoms with Crippen LogP contribution in [0.15, 0.2) is 9.59 Å². The quantitative estimate of drug-likeness (QED) is 0.485. The highest BCUT2D eigenvalue weighted by Crippen LogP contribution is 2.38. The number of aromatic nitrogens is 3. The third kappa shape index (κ3) is 3.32. The van der Waals surface area contributed by atoms with Gasteiger partial charge in [-0.15, -0.1) is 0 Å². The lowest BCUT2D eigenvalue weighted by atomic mass is 10.1. The summed E-state index contributed by atoms with van der Waals surface area (Å²) in [4.78, 5) is 54.2. The number of aromatic amines is 1. The van der Waals surface area contributed by atoms with Crippen LogP contribution >= 0.6 is 11.3 Å². The second-order valence-corrected chi connectivity index (χ2v) is 8.18. The monoisotopic (exact) mass is 441 g/mol. The summed E-state index contributed by atoms with van der Waals surface area (Å²) >= 11 is 0.645. The van der Waals surface area contributed by atoms with Gasteiger partial charge in [0.25, 0.3) is 5.56 Å². The molecule has 2 aliphatic heterocycles. The van der Waals surface area contributed by atoms with Gasteiger partial charge in [-0.2, -0.15) is 4.98 Å². The van der Waals surface area contributed by atoms with Gasteiger partial charge >= 0.3 is 17.0 Å². The van der Waals surface area contributed by atoms with E-state index in [9.17, 15) is 19.2 Å². The molecular formula is C16H19N5O8S. The molecule has 2 fully saturated rings. The van der Waals surface area contributed by atoms with E-state index >= 15 is 0 Å². The van der Waals surface area contributed by atoms with Crippen molar-refractivity contribution >= 4 is 39.8 Å². The van der Waals surface area contributed by atoms with Crippen molar-refractivity contribution in [3.63, 3.8) is 0 Å². The van der Waals surface area contributed by atoms with Crippen molar-refractivity contribution in [3.8, 4) is 0 Å². The Morgan fingerprint density at radius 2 is 2.00 bits per heavy atom. The van der Waals surface area contributed by atoms with Crippen molar-refractivity contribution in [2.24, 2.45) is 11.7 Å². The molecule has 5 atom stereocenters. The van der Waals surface area contributed by atoms with E-state index in [2.05, 4.69) is 9.97 Å². The van der Waals surface area contributed by atoms with Gasteiger partial charge < -0.3 is 30.4 Å². The second kappa shape index (κ2) is 7.37. The second-order valence-electron chi connectivity index (χ2n) is 7.22. The zero-order chi connectivity index (χ0) is 21.7. The minimum Gasteiger partial charge on any atom is -0.462 e. The third-order valence-electron chi connectivity index (χ3n) is 4.88. The highest BCUT2D eigenvalue weighted by Gasteiger charge is 2.56. The molecule has 2 aliphatic rings. The SMILES string of the molecule is CC(C)C(N)C(=O)OC[C@H]1O[C@@H](n2c(=O)sc3c(=O)[nH]c(N)nc32)[C@@H]2OC(=O)O[C@@H]21. The largest absolute Gasteiger partial charge is 0.509 e. The lowest BCUT2D eigenvalue weighted by Gasteiger charge is -2.19. The molecule has 2 saturated heterocycles. The van der Waals surface area contributed by atoms with Crippen LogP contribution in [0, 0.1) is 5.92 Å². The zero-order valence-electron chi connectivity index (χ0n) is 15.9. The number of hydrogen-bond donors (Lipinski definition) is 3. The maximum atomic E-state index is 12.6. The van der Waals surface area contributed by atoms with Gasteiger partial charge in [0, 0.05) is 0 Å². The fourth-order valence-corrected chi connectivity index (χ4v) is 4.11. The van der Waals surface area contributed by atoms with Crippen molar-refractivity contribution in [1.82, 2.24) is 14.5 Å². The van der Waals surface area contributed by atoms with Gasteiger partial charge in [0.05, 0.1) is 0 Å². The van der Waals surface area contributed by atoms with E-state index in [4.69, 9.17) is 30.4 Å². The first-order valence-electron chi connectivity index (χ1n) is 9.03. The number of H-pyrrole nitrogens is 1. The summed E-state index contributed by atoms with van der Waals surface area (Å²) in [5, 5.41) is 0. The van der Waals surface area contributed by atoms with Crippen LogP contribution in [0.2, 0.25) is 0 Å². The topological polar surface area (TPSA) is 191 Å². The van der Waals surface area contributed by atoms with E-state index in [1.165, 1.54) is 0 Å². The van der Waals surface area contributed by atoms with Crippen molar-refractivity contribution < 1.29 is 28.5 Å². The summed E-state index contributed by atoms with van der Waals surface area (Å²) in [6, 6.07) is -0.831. The predicted octanol–water partition coefficient (Wildman–Crippen LogP) is -0.944. The predicted molar refractivity (Wildman–Crippen MR) is 102 cm³/mol. The van der Waals surface area contributed by atoms with Crippen molar-refractivity contribution in [2.75, 3.05) is 12.3 Å². The van der Waals surface area contributed by atoms with E-state index in [0.717, 1.165) is 4.57 Å². The van der Waals surface area contributed by atoms with E-state index in [-0.39, 0.29) is 28.8 Å². The summed E-state index contributed by atoms with van der Waals surface area (Å²) in [5.74, 6) is -0.972. The number of thiazole rings is 1. The smallest absolute Gasteiger partial charge is 0.462 e. The van der Waals surface area contributed by atoms with Crippen LogP contribution in [-0.4, -0.2) is 57.6 Å². The molecule has 0 radical (unpaired) electrons. The van der Waals surface area contributed by atoms with Crippen LogP contribution < -0.4 is 21.9 Å². The third-order valence-corrected chi connectivity index (χ3v) is 5.82. The maximum absolute atomic E-state index is 12.6. The van der Waals surface area contributed by atoms with Crippen molar-refractivity contribution in [2.45, 2.75) is 44.4 Å². The molecule has 0 saturated carbocycles. The minimum atomic E-state index is -1.15. The lowest BCUT2D eigenvalue weighted by molar-refractivity contribution is -0.153. The number of nitrogens with zero attached hydrogens (tertiary/aromatic N) is 2. The molecule has 0 aromatic carbocycles. The van der Waals surface area contributed by atoms with E-state index in [1.54, 1.807) is 13.8 Å². The van der Waals surface area contributed by atoms with Crippen molar-refractivity contribution in [1.29, 1.82) is 0 Å². The van der Waals surface area contributed by atoms with Crippen LogP contribution in [0.25, 0.3) is 10.3 Å². The zero-order valence-corrected chi connectivity index (χ0v) is 16.7. The summed E-state index contributed by atoms with van der Waals surface area (Å²) < 4.78 is 22.4. The minimum absolute atomic E-state index is 0.0163. The first kappa shape index (κ1) is 20.3. The highest BCUT2D eigenvalue weighted by atomic mass is 32.1. The number of fused-ring (bicyclic) bond motifs is 2. The molecule has 13 nitrogen and oxygen atoms in total. The van der Waals surface area contributed by atoms with Crippen molar-refractivity contribution in [3.05, 3.63) is 20.0 Å². The number of anilines is 1. The van der Waals surface area contributed by atoms with Crippen LogP contribution in [-0.2, 0) is 23.7 Å². The Bertz CT molecular complexity index is 1120. The summed E-state index contributed by atoms with van der Waals surface area (Å²) in [7, 11) is 0. The molecule has 4 rings (SSSR count). The number of nitrogen functional groups attached to an aromatic ring is 1. The molecule has 5 N–H and O–H groups in total. The van der Waals surface area contributed by atoms with Crippen LogP contribution in [0.4, 0.5) is 10.7 Å². The molecule has 2 aromatic heterocycles. The maximum Gasteiger partial charge on any atom is 0.509 e. The average molecular weight is 441 g/mol. The molecule has 0 aliphatic carbocycles. The Morgan fingerprint density at radius 3 is 2.70 bits per heavy atom. The Morgan fingerprint density at radius 1 is 1.30 bits per heavy atom. The molecule has 162 valence electrons. The molecule has 4 heterocycles. The number of rotatable bonds is 5. The van der Waals surface area contributed by atoms with E-state index in [1.807, 2.05) is 0 Å². The number of carbonyl (C=O) groups is 2. The fourth-order valence-electron chi connectivity index (χ4n) is 3.27. The van der Waals surface area contributed by atoms with Gasteiger partial charge in [0.15, 0.2) is 24.1 Å². The number of ether oxygens (including phenoxy) is 4. The lowest BCUT2D eigenvalue weighted by Crippen LogP contribution is -2.40. The standard InChI is InChI=1S/C16H19N5O8S/c1-4(2)6(17)13(23)26-3-5-7-8(29-16(25)28-7)12(27-5)21-10-9(30-15(21)24)11(22)20-14(18)19-10/h4-8,12H,3,17H2,1-2H3,(H3,18,19,20,22)/t5-,6?,7-,8-,12-/m1/s1. The molecule has 0 amide bonds. The molecule has 14 heteroatoms. The summed E-state index contributed by atoms with van der Waals surface area (Å²) in [6.45, 7) is 3.26. The Kier molecular flexibility index (Phi) is 4.99. The number of hydrogen-bond acceptors (Lipinski definition) is 12. The summed E-state index contributed by atoms with van der Waals surface area (Å²) in [6.07, 6.45) is -4.98. The van der Waals surface area contributed by atoms with Gasteiger partial charge in [-0.25, -0.2) is 4.79 Å². The Balaban J connectivity index is 1.64. The van der Waals surface area contributed by atoms with Gasteiger partial charge in [0.2, 0.25) is 5.95 Å². The molecule has 0 spiro atoms. The fraction of sp³-hybridized carbons (Fsp3) is 0.562. The molecule has 0 bridgehead atoms. The number of carbonyl (C=O) groups excluding carboxylic acids is 2. The van der Waals surface area contributed by atoms with Gasteiger partial charge in [-0.05, 0) is 5.92 Å². The molecule has 30 heavy (non-hydrogen) atoms. The first-order valence-corrected chi connectivity index (χ1v) is 9.84. The van der Waals surface area contributed by atoms with Crippen LogP contribution in [0.5, 0.6) is 0 Å². The molecule has 1 unspecified atom stereocenters. The van der Waals surface area contributed by atoms with Gasteiger partial charge in [-0.1, -0.05) is 25.2 Å². The summed E-state index contributed by atoms with van der Waals surface area (Å²) in [5.41, 5.74) is 10.8. The Hall–Kier alpha value is -2.97. The van der Waals surface area contributed by atoms with Crippen LogP contribution in [0.3, 0.4) is 0 Å². The number of nitrogens with one attached hydrogen (secondary N) is 1. The Labute approximate surface area is 171 Å². The highest BCUT2D eigenvalue weighted by molar-refractivity contribution is 7.16. The first-order chi connectivity index (χ1) is 14.2. The normalized spacial score (nSPS) is 26.5. The number of esters is 1. The van der Waals surface area contributed by atoms with Crippen LogP contribution in [0.1, 0.15) is 20.1 Å². The average Bonchev–Trinajstić information content (AvgIpc) is 3.30.